The molecular weight excluding hydrogens is 222 g/mol. The molecule has 2 aliphatic heterocycles. The Morgan fingerprint density at radius 2 is 2.06 bits per heavy atom. The smallest absolute Gasteiger partial charge is 0.241 e. The highest BCUT2D eigenvalue weighted by atomic mass is 16.5. The first-order valence-corrected chi connectivity index (χ1v) is 6.25. The van der Waals surface area contributed by atoms with Crippen molar-refractivity contribution in [2.24, 2.45) is 5.92 Å². The van der Waals surface area contributed by atoms with E-state index < -0.39 is 0 Å². The fourth-order valence-electron chi connectivity index (χ4n) is 2.19. The molecule has 0 bridgehead atoms. The Morgan fingerprint density at radius 3 is 2.76 bits per heavy atom. The SMILES string of the molecule is CCNC1COCC1C(=O)NN1CCOCC1. The molecule has 6 nitrogen and oxygen atoms in total. The number of likely N-dealkylation sites (N-methyl/N-ethyl adjacent to an activating group) is 1. The lowest BCUT2D eigenvalue weighted by Gasteiger charge is -2.29. The van der Waals surface area contributed by atoms with Crippen molar-refractivity contribution in [3.8, 4) is 0 Å². The van der Waals surface area contributed by atoms with Crippen molar-refractivity contribution in [1.29, 1.82) is 0 Å². The molecule has 0 aromatic rings. The highest BCUT2D eigenvalue weighted by Gasteiger charge is 2.34. The average molecular weight is 243 g/mol. The molecule has 2 heterocycles. The molecule has 2 atom stereocenters. The molecule has 1 amide bonds. The minimum atomic E-state index is -0.0854. The highest BCUT2D eigenvalue weighted by molar-refractivity contribution is 5.79. The van der Waals surface area contributed by atoms with Gasteiger partial charge in [-0.1, -0.05) is 6.92 Å². The largest absolute Gasteiger partial charge is 0.379 e. The molecular formula is C11H21N3O3. The summed E-state index contributed by atoms with van der Waals surface area (Å²) >= 11 is 0. The van der Waals surface area contributed by atoms with Crippen LogP contribution in [0.3, 0.4) is 0 Å². The van der Waals surface area contributed by atoms with Gasteiger partial charge in [-0.15, -0.1) is 0 Å². The summed E-state index contributed by atoms with van der Waals surface area (Å²) in [4.78, 5) is 12.1. The number of hydrogen-bond donors (Lipinski definition) is 2. The molecule has 0 radical (unpaired) electrons. The Labute approximate surface area is 102 Å². The Bertz CT molecular complexity index is 256. The molecule has 0 aromatic carbocycles. The Balaban J connectivity index is 1.81. The van der Waals surface area contributed by atoms with Crippen molar-refractivity contribution in [2.45, 2.75) is 13.0 Å². The summed E-state index contributed by atoms with van der Waals surface area (Å²) in [5, 5.41) is 5.21. The van der Waals surface area contributed by atoms with Crippen molar-refractivity contribution >= 4 is 5.91 Å². The second-order valence-corrected chi connectivity index (χ2v) is 4.38. The lowest BCUT2D eigenvalue weighted by atomic mass is 10.0. The summed E-state index contributed by atoms with van der Waals surface area (Å²) in [6, 6.07) is 0.140. The maximum Gasteiger partial charge on any atom is 0.241 e. The van der Waals surface area contributed by atoms with Gasteiger partial charge < -0.3 is 14.8 Å². The molecule has 0 saturated carbocycles. The molecule has 2 aliphatic rings. The van der Waals surface area contributed by atoms with Crippen molar-refractivity contribution in [3.63, 3.8) is 0 Å². The van der Waals surface area contributed by atoms with Crippen LogP contribution in [0.4, 0.5) is 0 Å². The zero-order chi connectivity index (χ0) is 12.1. The van der Waals surface area contributed by atoms with Gasteiger partial charge in [0.2, 0.25) is 5.91 Å². The first-order valence-electron chi connectivity index (χ1n) is 6.25. The molecule has 2 saturated heterocycles. The average Bonchev–Trinajstić information content (AvgIpc) is 2.79. The van der Waals surface area contributed by atoms with E-state index in [1.165, 1.54) is 0 Å². The number of amides is 1. The maximum absolute atomic E-state index is 12.1. The highest BCUT2D eigenvalue weighted by Crippen LogP contribution is 2.14. The van der Waals surface area contributed by atoms with Gasteiger partial charge in [-0.25, -0.2) is 5.01 Å². The fourth-order valence-corrected chi connectivity index (χ4v) is 2.19. The van der Waals surface area contributed by atoms with Crippen LogP contribution in [0, 0.1) is 5.92 Å². The first kappa shape index (κ1) is 12.8. The number of carbonyl (C=O) groups excluding carboxylic acids is 1. The second kappa shape index (κ2) is 6.30. The second-order valence-electron chi connectivity index (χ2n) is 4.38. The van der Waals surface area contributed by atoms with Gasteiger partial charge in [-0.05, 0) is 6.54 Å². The zero-order valence-electron chi connectivity index (χ0n) is 10.3. The third-order valence-electron chi connectivity index (χ3n) is 3.16. The van der Waals surface area contributed by atoms with Crippen LogP contribution in [0.5, 0.6) is 0 Å². The molecule has 2 unspecified atom stereocenters. The van der Waals surface area contributed by atoms with Gasteiger partial charge in [0.05, 0.1) is 32.3 Å². The number of carbonyl (C=O) groups is 1. The van der Waals surface area contributed by atoms with Crippen molar-refractivity contribution < 1.29 is 14.3 Å². The summed E-state index contributed by atoms with van der Waals surface area (Å²) < 4.78 is 10.6. The van der Waals surface area contributed by atoms with Crippen molar-refractivity contribution in [3.05, 3.63) is 0 Å². The molecule has 2 fully saturated rings. The molecule has 98 valence electrons. The van der Waals surface area contributed by atoms with Crippen LogP contribution in [0.1, 0.15) is 6.92 Å². The van der Waals surface area contributed by atoms with Crippen LogP contribution in [-0.2, 0) is 14.3 Å². The predicted octanol–water partition coefficient (Wildman–Crippen LogP) is -1.03. The molecule has 17 heavy (non-hydrogen) atoms. The lowest BCUT2D eigenvalue weighted by molar-refractivity contribution is -0.132. The number of nitrogens with one attached hydrogen (secondary N) is 2. The van der Waals surface area contributed by atoms with Gasteiger partial charge in [-0.3, -0.25) is 10.2 Å². The van der Waals surface area contributed by atoms with E-state index >= 15 is 0 Å². The minimum absolute atomic E-state index is 0.0513. The van der Waals surface area contributed by atoms with Gasteiger partial charge in [0, 0.05) is 19.1 Å². The number of rotatable bonds is 4. The topological polar surface area (TPSA) is 62.8 Å². The summed E-state index contributed by atoms with van der Waals surface area (Å²) in [6.07, 6.45) is 0. The number of nitrogens with zero attached hydrogens (tertiary/aromatic N) is 1. The number of ether oxygens (including phenoxy) is 2. The molecule has 0 aromatic heterocycles. The predicted molar refractivity (Wildman–Crippen MR) is 62.3 cm³/mol. The standard InChI is InChI=1S/C11H21N3O3/c1-2-12-10-8-17-7-9(10)11(15)13-14-3-5-16-6-4-14/h9-10,12H,2-8H2,1H3,(H,13,15). The Kier molecular flexibility index (Phi) is 4.73. The fraction of sp³-hybridized carbons (Fsp3) is 0.909. The third kappa shape index (κ3) is 3.38. The monoisotopic (exact) mass is 243 g/mol. The Morgan fingerprint density at radius 1 is 1.29 bits per heavy atom. The number of hydrazine groups is 1. The molecule has 6 heteroatoms. The first-order chi connectivity index (χ1) is 8.31. The van der Waals surface area contributed by atoms with Crippen molar-refractivity contribution in [2.75, 3.05) is 46.1 Å². The third-order valence-corrected chi connectivity index (χ3v) is 3.16. The van der Waals surface area contributed by atoms with Gasteiger partial charge in [0.1, 0.15) is 0 Å². The summed E-state index contributed by atoms with van der Waals surface area (Å²) in [7, 11) is 0. The van der Waals surface area contributed by atoms with E-state index in [0.717, 1.165) is 19.6 Å². The summed E-state index contributed by atoms with van der Waals surface area (Å²) in [5.41, 5.74) is 2.94. The van der Waals surface area contributed by atoms with E-state index in [1.54, 1.807) is 0 Å². The number of morpholine rings is 1. The molecule has 2 rings (SSSR count). The molecule has 0 aliphatic carbocycles. The van der Waals surface area contributed by atoms with Gasteiger partial charge in [-0.2, -0.15) is 0 Å². The van der Waals surface area contributed by atoms with Crippen LogP contribution in [0.25, 0.3) is 0 Å². The summed E-state index contributed by atoms with van der Waals surface area (Å²) in [5.74, 6) is -0.0341. The van der Waals surface area contributed by atoms with Gasteiger partial charge in [0.15, 0.2) is 0 Å². The van der Waals surface area contributed by atoms with E-state index in [4.69, 9.17) is 9.47 Å². The van der Waals surface area contributed by atoms with Crippen LogP contribution < -0.4 is 10.7 Å². The van der Waals surface area contributed by atoms with E-state index in [9.17, 15) is 4.79 Å². The number of hydrogen-bond acceptors (Lipinski definition) is 5. The van der Waals surface area contributed by atoms with E-state index in [1.807, 2.05) is 11.9 Å². The van der Waals surface area contributed by atoms with Gasteiger partial charge >= 0.3 is 0 Å². The lowest BCUT2D eigenvalue weighted by Crippen LogP contribution is -2.53. The van der Waals surface area contributed by atoms with Crippen LogP contribution in [-0.4, -0.2) is 63.0 Å². The maximum atomic E-state index is 12.1. The quantitative estimate of drug-likeness (QED) is 0.661. The van der Waals surface area contributed by atoms with Crippen LogP contribution >= 0.6 is 0 Å². The normalized spacial score (nSPS) is 30.4. The minimum Gasteiger partial charge on any atom is -0.379 e. The van der Waals surface area contributed by atoms with Gasteiger partial charge in [0.25, 0.3) is 0 Å². The molecule has 2 N–H and O–H groups in total. The van der Waals surface area contributed by atoms with Crippen molar-refractivity contribution in [1.82, 2.24) is 15.8 Å². The van der Waals surface area contributed by atoms with E-state index in [0.29, 0.717) is 26.4 Å². The zero-order valence-corrected chi connectivity index (χ0v) is 10.3. The Hall–Kier alpha value is -0.690. The van der Waals surface area contributed by atoms with E-state index in [-0.39, 0.29) is 17.9 Å². The van der Waals surface area contributed by atoms with Crippen LogP contribution in [0.2, 0.25) is 0 Å². The van der Waals surface area contributed by atoms with E-state index in [2.05, 4.69) is 10.7 Å². The molecule has 0 spiro atoms. The summed E-state index contributed by atoms with van der Waals surface area (Å²) in [6.45, 7) is 6.89. The van der Waals surface area contributed by atoms with Crippen LogP contribution in [0.15, 0.2) is 0 Å².